The summed E-state index contributed by atoms with van der Waals surface area (Å²) in [5.41, 5.74) is 7.95. The number of para-hydroxylation sites is 2. The molecule has 0 atom stereocenters. The largest absolute Gasteiger partial charge is 2.00 e. The number of fused-ring (bicyclic) bond motifs is 8. The zero-order valence-electron chi connectivity index (χ0n) is 26.3. The molecule has 5 heterocycles. The summed E-state index contributed by atoms with van der Waals surface area (Å²) in [6, 6.07) is 41.0. The van der Waals surface area contributed by atoms with Crippen LogP contribution < -0.4 is 25.9 Å². The molecular weight excluding hydrogens is 792 g/mol. The van der Waals surface area contributed by atoms with Gasteiger partial charge in [0.25, 0.3) is 0 Å². The Kier molecular flexibility index (Phi) is 6.53. The van der Waals surface area contributed by atoms with Gasteiger partial charge >= 0.3 is 21.1 Å². The maximum absolute atomic E-state index is 6.84. The molecule has 48 heavy (non-hydrogen) atoms. The van der Waals surface area contributed by atoms with E-state index >= 15 is 0 Å². The summed E-state index contributed by atoms with van der Waals surface area (Å²) in [6.45, 7) is 6.45. The third-order valence-electron chi connectivity index (χ3n) is 9.32. The van der Waals surface area contributed by atoms with Crippen LogP contribution in [0.25, 0.3) is 48.4 Å². The first-order chi connectivity index (χ1) is 22.9. The van der Waals surface area contributed by atoms with Crippen LogP contribution in [0.4, 0.5) is 0 Å². The van der Waals surface area contributed by atoms with E-state index in [0.29, 0.717) is 0 Å². The maximum atomic E-state index is 6.84. The standard InChI is InChI=1S/C40H26BN3O2S.Pt/c1-40(2,3)24-19-34-38-35(20-24)46-33-21-26-25-10-4-6-12-30(25)44(37-14-8-9-17-42-37)31(26)22-28(33)41(38)27-18-23(15-16-32(27)45-34)39-43-29-11-5-7-13-36(29)47-39;/h4-17,19-21H,1-3H3;/q-2;+2. The molecule has 2 aliphatic rings. The normalized spacial score (nSPS) is 13.0. The first kappa shape index (κ1) is 29.4. The Balaban J connectivity index is 0.00000314. The quantitative estimate of drug-likeness (QED) is 0.131. The molecule has 0 fully saturated rings. The van der Waals surface area contributed by atoms with Gasteiger partial charge in [-0.3, -0.25) is 4.98 Å². The first-order valence-electron chi connectivity index (χ1n) is 15.8. The van der Waals surface area contributed by atoms with Gasteiger partial charge in [0.2, 0.25) is 6.71 Å². The van der Waals surface area contributed by atoms with Gasteiger partial charge in [0.05, 0.1) is 5.52 Å². The monoisotopic (exact) mass is 818 g/mol. The second kappa shape index (κ2) is 10.6. The van der Waals surface area contributed by atoms with E-state index in [0.717, 1.165) is 93.4 Å². The summed E-state index contributed by atoms with van der Waals surface area (Å²) in [4.78, 5) is 9.70. The van der Waals surface area contributed by atoms with Crippen LogP contribution in [0.15, 0.2) is 103 Å². The van der Waals surface area contributed by atoms with Crippen molar-refractivity contribution in [2.45, 2.75) is 26.2 Å². The predicted octanol–water partition coefficient (Wildman–Crippen LogP) is 8.08. The van der Waals surface area contributed by atoms with Crippen LogP contribution in [-0.2, 0) is 26.5 Å². The number of hydrogen-bond donors (Lipinski definition) is 0. The molecule has 3 aromatic heterocycles. The molecule has 8 aromatic rings. The molecular formula is C40H26BN3O2PtS. The second-order valence-electron chi connectivity index (χ2n) is 13.3. The minimum atomic E-state index is -0.199. The van der Waals surface area contributed by atoms with Crippen molar-refractivity contribution in [3.05, 3.63) is 121 Å². The Hall–Kier alpha value is -4.71. The third kappa shape index (κ3) is 4.34. The van der Waals surface area contributed by atoms with E-state index in [1.807, 2.05) is 30.5 Å². The van der Waals surface area contributed by atoms with Crippen molar-refractivity contribution in [3.63, 3.8) is 0 Å². The number of ether oxygens (including phenoxy) is 2. The molecule has 0 saturated heterocycles. The van der Waals surface area contributed by atoms with Crippen molar-refractivity contribution >= 4 is 66.5 Å². The van der Waals surface area contributed by atoms with Gasteiger partial charge in [0, 0.05) is 38.4 Å². The number of thiazole rings is 1. The van der Waals surface area contributed by atoms with E-state index in [-0.39, 0.29) is 33.2 Å². The van der Waals surface area contributed by atoms with Crippen LogP contribution in [0.3, 0.4) is 0 Å². The van der Waals surface area contributed by atoms with Crippen LogP contribution in [0.1, 0.15) is 26.3 Å². The van der Waals surface area contributed by atoms with E-state index < -0.39 is 0 Å². The van der Waals surface area contributed by atoms with Crippen molar-refractivity contribution in [1.82, 2.24) is 14.5 Å². The Morgan fingerprint density at radius 1 is 0.750 bits per heavy atom. The number of nitrogens with zero attached hydrogens (tertiary/aromatic N) is 3. The fourth-order valence-corrected chi connectivity index (χ4v) is 7.97. The topological polar surface area (TPSA) is 49.2 Å². The Morgan fingerprint density at radius 3 is 2.29 bits per heavy atom. The maximum Gasteiger partial charge on any atom is 2.00 e. The molecule has 0 unspecified atom stereocenters. The van der Waals surface area contributed by atoms with Gasteiger partial charge in [-0.2, -0.15) is 17.4 Å². The Labute approximate surface area is 296 Å². The number of aromatic nitrogens is 3. The van der Waals surface area contributed by atoms with E-state index in [9.17, 15) is 0 Å². The molecule has 0 N–H and O–H groups in total. The summed E-state index contributed by atoms with van der Waals surface area (Å²) in [6.07, 6.45) is 1.83. The fourth-order valence-electron chi connectivity index (χ4n) is 7.03. The van der Waals surface area contributed by atoms with Crippen LogP contribution in [-0.4, -0.2) is 21.2 Å². The van der Waals surface area contributed by atoms with Gasteiger partial charge in [0.1, 0.15) is 17.3 Å². The van der Waals surface area contributed by atoms with Gasteiger partial charge in [0.15, 0.2) is 0 Å². The molecule has 232 valence electrons. The third-order valence-corrected chi connectivity index (χ3v) is 10.4. The predicted molar refractivity (Wildman–Crippen MR) is 191 cm³/mol. The SMILES string of the molecule is CC(C)(C)c1cc2c3c(c1)Oc1cc4c5ccccc5n(-c5ccccn5)c4[c-]c1B3c1[c-]c(-c3nc4ccccc4s3)ccc1O2.[Pt+2]. The van der Waals surface area contributed by atoms with Gasteiger partial charge in [-0.05, 0) is 58.8 Å². The van der Waals surface area contributed by atoms with E-state index in [1.54, 1.807) is 11.3 Å². The fraction of sp³-hybridized carbons (Fsp3) is 0.100. The van der Waals surface area contributed by atoms with Crippen molar-refractivity contribution < 1.29 is 30.5 Å². The van der Waals surface area contributed by atoms with Crippen LogP contribution >= 0.6 is 11.3 Å². The van der Waals surface area contributed by atoms with Gasteiger partial charge in [-0.15, -0.1) is 40.8 Å². The molecule has 8 heteroatoms. The van der Waals surface area contributed by atoms with Crippen molar-refractivity contribution in [1.29, 1.82) is 0 Å². The van der Waals surface area contributed by atoms with Crippen LogP contribution in [0.2, 0.25) is 0 Å². The first-order valence-corrected chi connectivity index (χ1v) is 16.6. The molecule has 0 radical (unpaired) electrons. The van der Waals surface area contributed by atoms with Crippen LogP contribution in [0, 0.1) is 12.1 Å². The van der Waals surface area contributed by atoms with Gasteiger partial charge < -0.3 is 14.0 Å². The zero-order chi connectivity index (χ0) is 31.4. The number of pyridine rings is 1. The minimum Gasteiger partial charge on any atom is -0.518 e. The molecule has 0 saturated carbocycles. The minimum absolute atomic E-state index is 0. The zero-order valence-corrected chi connectivity index (χ0v) is 29.4. The summed E-state index contributed by atoms with van der Waals surface area (Å²) in [5, 5.41) is 3.13. The number of rotatable bonds is 2. The average Bonchev–Trinajstić information content (AvgIpc) is 3.66. The summed E-state index contributed by atoms with van der Waals surface area (Å²) in [5.74, 6) is 4.06. The molecule has 5 nitrogen and oxygen atoms in total. The summed E-state index contributed by atoms with van der Waals surface area (Å²) < 4.78 is 16.9. The average molecular weight is 819 g/mol. The van der Waals surface area contributed by atoms with E-state index in [1.165, 1.54) is 0 Å². The van der Waals surface area contributed by atoms with Crippen molar-refractivity contribution in [2.75, 3.05) is 0 Å². The second-order valence-corrected chi connectivity index (χ2v) is 14.3. The molecule has 0 spiro atoms. The van der Waals surface area contributed by atoms with Crippen molar-refractivity contribution in [3.8, 4) is 39.4 Å². The van der Waals surface area contributed by atoms with Crippen molar-refractivity contribution in [2.24, 2.45) is 0 Å². The summed E-state index contributed by atoms with van der Waals surface area (Å²) >= 11 is 1.68. The summed E-state index contributed by atoms with van der Waals surface area (Å²) in [7, 11) is 0. The molecule has 5 aromatic carbocycles. The molecule has 0 amide bonds. The number of benzene rings is 5. The number of hydrogen-bond acceptors (Lipinski definition) is 5. The molecule has 10 rings (SSSR count). The van der Waals surface area contributed by atoms with E-state index in [4.69, 9.17) is 19.4 Å². The van der Waals surface area contributed by atoms with E-state index in [2.05, 4.69) is 110 Å². The van der Waals surface area contributed by atoms with Gasteiger partial charge in [-0.1, -0.05) is 68.1 Å². The van der Waals surface area contributed by atoms with Crippen LogP contribution in [0.5, 0.6) is 23.0 Å². The smallest absolute Gasteiger partial charge is 0.518 e. The Bertz CT molecular complexity index is 2560. The molecule has 0 aliphatic carbocycles. The molecule has 2 aliphatic heterocycles. The Morgan fingerprint density at radius 2 is 1.50 bits per heavy atom. The van der Waals surface area contributed by atoms with Gasteiger partial charge in [-0.25, -0.2) is 4.98 Å². The molecule has 0 bridgehead atoms.